The van der Waals surface area contributed by atoms with Crippen molar-refractivity contribution in [1.82, 2.24) is 0 Å². The molecular weight excluding hydrogens is 282 g/mol. The van der Waals surface area contributed by atoms with Crippen LogP contribution in [0.25, 0.3) is 0 Å². The predicted octanol–water partition coefficient (Wildman–Crippen LogP) is 2.77. The molecule has 0 unspecified atom stereocenters. The molecule has 82 valence electrons. The molecule has 0 aliphatic heterocycles. The zero-order valence-corrected chi connectivity index (χ0v) is 8.90. The number of rotatable bonds is 2. The maximum absolute atomic E-state index is 12.1. The number of hydrogen-bond donors (Lipinski definition) is 0. The molecule has 0 aliphatic carbocycles. The summed E-state index contributed by atoms with van der Waals surface area (Å²) in [6.07, 6.45) is -6.19. The van der Waals surface area contributed by atoms with Crippen molar-refractivity contribution < 1.29 is 22.0 Å². The van der Waals surface area contributed by atoms with Crippen molar-refractivity contribution in [3.8, 4) is 0 Å². The number of halogens is 5. The minimum absolute atomic E-state index is 0.475. The van der Waals surface area contributed by atoms with Crippen LogP contribution < -0.4 is 4.46 Å². The molecule has 0 heterocycles. The summed E-state index contributed by atoms with van der Waals surface area (Å²) in [5.74, 6) is 0. The number of alkyl halides is 3. The van der Waals surface area contributed by atoms with E-state index in [0.717, 1.165) is 17.1 Å². The van der Waals surface area contributed by atoms with Gasteiger partial charge in [0.1, 0.15) is 0 Å². The Morgan fingerprint density at radius 2 is 1.60 bits per heavy atom. The van der Waals surface area contributed by atoms with Crippen LogP contribution in [0.1, 0.15) is 5.56 Å². The van der Waals surface area contributed by atoms with Gasteiger partial charge in [-0.15, -0.1) is 0 Å². The van der Waals surface area contributed by atoms with Crippen molar-refractivity contribution in [2.45, 2.75) is 6.18 Å². The second-order valence-corrected chi connectivity index (χ2v) is 4.53. The Hall–Kier alpha value is -0.871. The molecule has 6 heteroatoms. The van der Waals surface area contributed by atoms with Crippen LogP contribution in [-0.4, -0.2) is 15.0 Å². The summed E-state index contributed by atoms with van der Waals surface area (Å²) in [4.78, 5) is 0.718. The van der Waals surface area contributed by atoms with Gasteiger partial charge in [-0.3, -0.25) is 0 Å². The van der Waals surface area contributed by atoms with Crippen molar-refractivity contribution in [3.63, 3.8) is 0 Å². The van der Waals surface area contributed by atoms with Gasteiger partial charge < -0.3 is 0 Å². The van der Waals surface area contributed by atoms with E-state index in [4.69, 9.17) is 0 Å². The number of hydrogen-bond acceptors (Lipinski definition) is 0. The minimum atomic E-state index is -4.38. The summed E-state index contributed by atoms with van der Waals surface area (Å²) < 4.78 is 60.2. The van der Waals surface area contributed by atoms with E-state index in [2.05, 4.69) is 0 Å². The third-order valence-electron chi connectivity index (χ3n) is 1.47. The third kappa shape index (κ3) is 4.01. The van der Waals surface area contributed by atoms with Crippen LogP contribution in [0, 0.1) is 0 Å². The zero-order valence-electron chi connectivity index (χ0n) is 7.18. The van der Waals surface area contributed by atoms with E-state index in [1.807, 2.05) is 0 Å². The first-order chi connectivity index (χ1) is 6.89. The molecular formula is C9H5F5Se. The van der Waals surface area contributed by atoms with E-state index in [9.17, 15) is 22.0 Å². The molecule has 0 fully saturated rings. The Kier molecular flexibility index (Phi) is 3.88. The van der Waals surface area contributed by atoms with Crippen molar-refractivity contribution in [2.24, 2.45) is 0 Å². The van der Waals surface area contributed by atoms with Crippen molar-refractivity contribution >= 4 is 19.4 Å². The molecule has 15 heavy (non-hydrogen) atoms. The fourth-order valence-electron chi connectivity index (χ4n) is 0.835. The standard InChI is InChI=1S/C9H5F5Se/c10-8(11)5-15-7-3-1-6(2-4-7)9(12,13)14/h1-5H. The third-order valence-corrected chi connectivity index (χ3v) is 3.23. The van der Waals surface area contributed by atoms with Gasteiger partial charge in [-0.25, -0.2) is 0 Å². The molecule has 1 rings (SSSR count). The van der Waals surface area contributed by atoms with Gasteiger partial charge in [0.25, 0.3) is 0 Å². The fourth-order valence-corrected chi connectivity index (χ4v) is 1.92. The summed E-state index contributed by atoms with van der Waals surface area (Å²) >= 11 is -0.622. The molecule has 0 atom stereocenters. The van der Waals surface area contributed by atoms with Crippen LogP contribution in [-0.2, 0) is 6.18 Å². The van der Waals surface area contributed by atoms with E-state index >= 15 is 0 Å². The second kappa shape index (κ2) is 4.77. The molecule has 1 aromatic carbocycles. The van der Waals surface area contributed by atoms with Crippen LogP contribution in [0.5, 0.6) is 0 Å². The van der Waals surface area contributed by atoms with Gasteiger partial charge in [-0.2, -0.15) is 0 Å². The van der Waals surface area contributed by atoms with Crippen LogP contribution in [0.4, 0.5) is 22.0 Å². The Balaban J connectivity index is 2.77. The quantitative estimate of drug-likeness (QED) is 0.579. The van der Waals surface area contributed by atoms with E-state index < -0.39 is 32.8 Å². The SMILES string of the molecule is FC(F)=C[Se]c1ccc(C(F)(F)F)cc1. The molecule has 0 aromatic heterocycles. The Morgan fingerprint density at radius 3 is 2.00 bits per heavy atom. The van der Waals surface area contributed by atoms with Crippen LogP contribution in [0.2, 0.25) is 0 Å². The van der Waals surface area contributed by atoms with Gasteiger partial charge in [-0.05, 0) is 0 Å². The molecule has 0 bridgehead atoms. The second-order valence-electron chi connectivity index (χ2n) is 2.55. The zero-order chi connectivity index (χ0) is 11.5. The fraction of sp³-hybridized carbons (Fsp3) is 0.111. The van der Waals surface area contributed by atoms with Crippen LogP contribution >= 0.6 is 0 Å². The molecule has 0 amide bonds. The summed E-state index contributed by atoms with van der Waals surface area (Å²) in [6, 6.07) is 4.20. The predicted molar refractivity (Wildman–Crippen MR) is 47.1 cm³/mol. The van der Waals surface area contributed by atoms with E-state index in [1.165, 1.54) is 12.1 Å². The van der Waals surface area contributed by atoms with Gasteiger partial charge >= 0.3 is 88.4 Å². The molecule has 0 N–H and O–H groups in total. The van der Waals surface area contributed by atoms with Crippen LogP contribution in [0.3, 0.4) is 0 Å². The van der Waals surface area contributed by atoms with Crippen molar-refractivity contribution in [3.05, 3.63) is 40.9 Å². The van der Waals surface area contributed by atoms with Crippen molar-refractivity contribution in [2.75, 3.05) is 0 Å². The molecule has 1 aromatic rings. The van der Waals surface area contributed by atoms with E-state index in [1.54, 1.807) is 0 Å². The first kappa shape index (κ1) is 12.2. The van der Waals surface area contributed by atoms with E-state index in [-0.39, 0.29) is 0 Å². The summed E-state index contributed by atoms with van der Waals surface area (Å²) in [5.41, 5.74) is -0.772. The normalized spacial score (nSPS) is 11.3. The molecule has 0 radical (unpaired) electrons. The van der Waals surface area contributed by atoms with E-state index in [0.29, 0.717) is 4.46 Å². The molecule has 0 nitrogen and oxygen atoms in total. The molecule has 0 saturated carbocycles. The topological polar surface area (TPSA) is 0 Å². The van der Waals surface area contributed by atoms with Gasteiger partial charge in [0.15, 0.2) is 0 Å². The van der Waals surface area contributed by atoms with Gasteiger partial charge in [0, 0.05) is 0 Å². The first-order valence-corrected chi connectivity index (χ1v) is 5.59. The molecule has 0 saturated heterocycles. The van der Waals surface area contributed by atoms with Crippen LogP contribution in [0.15, 0.2) is 35.3 Å². The Bertz CT molecular complexity index is 348. The number of benzene rings is 1. The van der Waals surface area contributed by atoms with Gasteiger partial charge in [-0.1, -0.05) is 0 Å². The Labute approximate surface area is 88.9 Å². The molecule has 0 spiro atoms. The molecule has 0 aliphatic rings. The summed E-state index contributed by atoms with van der Waals surface area (Å²) in [6.45, 7) is 0. The first-order valence-electron chi connectivity index (χ1n) is 3.74. The summed E-state index contributed by atoms with van der Waals surface area (Å²) in [7, 11) is 0. The van der Waals surface area contributed by atoms with Crippen molar-refractivity contribution in [1.29, 1.82) is 0 Å². The monoisotopic (exact) mass is 288 g/mol. The Morgan fingerprint density at radius 1 is 1.07 bits per heavy atom. The summed E-state index contributed by atoms with van der Waals surface area (Å²) in [5, 5.41) is 0. The maximum atomic E-state index is 12.1. The van der Waals surface area contributed by atoms with Gasteiger partial charge in [0.05, 0.1) is 0 Å². The van der Waals surface area contributed by atoms with Gasteiger partial charge in [0.2, 0.25) is 0 Å². The average molecular weight is 287 g/mol. The average Bonchev–Trinajstić information content (AvgIpc) is 2.14.